The van der Waals surface area contributed by atoms with Crippen LogP contribution in [0, 0.1) is 24.2 Å². The average Bonchev–Trinajstić information content (AvgIpc) is 2.78. The molecule has 0 unspecified atom stereocenters. The van der Waals surface area contributed by atoms with Crippen molar-refractivity contribution < 1.29 is 31.1 Å². The van der Waals surface area contributed by atoms with Gasteiger partial charge in [-0.15, -0.1) is 0 Å². The van der Waals surface area contributed by atoms with Crippen molar-refractivity contribution >= 4 is 21.6 Å². The highest BCUT2D eigenvalue weighted by molar-refractivity contribution is 7.89. The van der Waals surface area contributed by atoms with Crippen LogP contribution >= 0.6 is 0 Å². The third kappa shape index (κ3) is 6.24. The number of carbonyl (C=O) groups is 1. The van der Waals surface area contributed by atoms with E-state index < -0.39 is 34.6 Å². The number of aryl methyl sites for hydroxylation is 1. The zero-order valence-electron chi connectivity index (χ0n) is 17.7. The molecule has 0 atom stereocenters. The molecule has 33 heavy (non-hydrogen) atoms. The van der Waals surface area contributed by atoms with Crippen molar-refractivity contribution in [2.24, 2.45) is 5.92 Å². The first-order chi connectivity index (χ1) is 15.5. The summed E-state index contributed by atoms with van der Waals surface area (Å²) in [6.07, 6.45) is -4.00. The molecule has 1 amide bonds. The average molecular weight is 481 g/mol. The Bertz CT molecular complexity index is 1150. The number of nitrogens with one attached hydrogen (secondary N) is 1. The Hall–Kier alpha value is -3.10. The first-order valence-electron chi connectivity index (χ1n) is 10.1. The summed E-state index contributed by atoms with van der Waals surface area (Å²) in [6.45, 7) is 0.443. The molecule has 2 aromatic rings. The van der Waals surface area contributed by atoms with E-state index in [0.717, 1.165) is 0 Å². The first kappa shape index (κ1) is 24.5. The molecule has 1 aliphatic rings. The zero-order valence-corrected chi connectivity index (χ0v) is 18.5. The number of piperidine rings is 1. The monoisotopic (exact) mass is 481 g/mol. The van der Waals surface area contributed by atoms with Crippen LogP contribution in [0.2, 0.25) is 0 Å². The molecule has 11 heteroatoms. The van der Waals surface area contributed by atoms with E-state index in [-0.39, 0.29) is 42.3 Å². The van der Waals surface area contributed by atoms with Gasteiger partial charge in [0.05, 0.1) is 22.2 Å². The van der Waals surface area contributed by atoms with Gasteiger partial charge in [0.15, 0.2) is 6.61 Å². The van der Waals surface area contributed by atoms with Crippen LogP contribution in [0.4, 0.5) is 18.9 Å². The summed E-state index contributed by atoms with van der Waals surface area (Å²) >= 11 is 0. The molecule has 0 aromatic heterocycles. The van der Waals surface area contributed by atoms with E-state index in [2.05, 4.69) is 5.32 Å². The Morgan fingerprint density at radius 2 is 1.82 bits per heavy atom. The molecule has 1 saturated heterocycles. The van der Waals surface area contributed by atoms with Gasteiger partial charge < -0.3 is 10.1 Å². The number of hydrogen-bond acceptors (Lipinski definition) is 5. The smallest absolute Gasteiger partial charge is 0.422 e. The third-order valence-electron chi connectivity index (χ3n) is 5.23. The molecule has 1 N–H and O–H groups in total. The zero-order chi connectivity index (χ0) is 24.2. The van der Waals surface area contributed by atoms with Crippen LogP contribution in [-0.4, -0.2) is 44.5 Å². The van der Waals surface area contributed by atoms with Gasteiger partial charge in [0, 0.05) is 19.0 Å². The van der Waals surface area contributed by atoms with E-state index >= 15 is 0 Å². The predicted octanol–water partition coefficient (Wildman–Crippen LogP) is 3.85. The lowest BCUT2D eigenvalue weighted by Crippen LogP contribution is -2.41. The molecule has 1 aliphatic heterocycles. The highest BCUT2D eigenvalue weighted by atomic mass is 32.2. The maximum absolute atomic E-state index is 12.8. The van der Waals surface area contributed by atoms with Crippen molar-refractivity contribution in [2.75, 3.05) is 25.0 Å². The topological polar surface area (TPSA) is 99.5 Å². The van der Waals surface area contributed by atoms with E-state index in [1.165, 1.54) is 40.7 Å². The Labute approximate surface area is 189 Å². The van der Waals surface area contributed by atoms with Gasteiger partial charge >= 0.3 is 6.18 Å². The van der Waals surface area contributed by atoms with E-state index in [1.807, 2.05) is 6.07 Å². The van der Waals surface area contributed by atoms with Crippen LogP contribution in [0.1, 0.15) is 24.0 Å². The summed E-state index contributed by atoms with van der Waals surface area (Å²) in [6, 6.07) is 12.0. The number of nitriles is 1. The van der Waals surface area contributed by atoms with Crippen LogP contribution < -0.4 is 10.1 Å². The summed E-state index contributed by atoms with van der Waals surface area (Å²) < 4.78 is 69.4. The van der Waals surface area contributed by atoms with Gasteiger partial charge in [-0.3, -0.25) is 4.79 Å². The molecule has 1 heterocycles. The Balaban J connectivity index is 1.63. The van der Waals surface area contributed by atoms with Crippen LogP contribution in [0.5, 0.6) is 5.75 Å². The Morgan fingerprint density at radius 1 is 1.18 bits per heavy atom. The van der Waals surface area contributed by atoms with Crippen molar-refractivity contribution in [3.63, 3.8) is 0 Å². The lowest BCUT2D eigenvalue weighted by atomic mass is 9.97. The number of amides is 1. The molecule has 0 spiro atoms. The van der Waals surface area contributed by atoms with Gasteiger partial charge in [0.1, 0.15) is 5.75 Å². The van der Waals surface area contributed by atoms with Crippen molar-refractivity contribution in [1.29, 1.82) is 5.26 Å². The minimum absolute atomic E-state index is 0.0653. The van der Waals surface area contributed by atoms with Crippen LogP contribution in [0.15, 0.2) is 47.4 Å². The van der Waals surface area contributed by atoms with E-state index in [9.17, 15) is 26.4 Å². The predicted molar refractivity (Wildman–Crippen MR) is 114 cm³/mol. The SMILES string of the molecule is Cc1ccc(NC(=O)C2CCN(S(=O)(=O)c3ccc(C#N)cc3)CC2)c(OCC(F)(F)F)c1. The molecule has 176 valence electrons. The molecule has 0 bridgehead atoms. The van der Waals surface area contributed by atoms with Crippen LogP contribution in [-0.2, 0) is 14.8 Å². The van der Waals surface area contributed by atoms with Gasteiger partial charge in [-0.2, -0.15) is 22.7 Å². The minimum atomic E-state index is -4.52. The lowest BCUT2D eigenvalue weighted by Gasteiger charge is -2.30. The fourth-order valence-electron chi connectivity index (χ4n) is 3.46. The molecule has 1 fully saturated rings. The summed E-state index contributed by atoms with van der Waals surface area (Å²) in [5.74, 6) is -0.998. The van der Waals surface area contributed by atoms with E-state index in [1.54, 1.807) is 13.0 Å². The Morgan fingerprint density at radius 3 is 2.39 bits per heavy atom. The molecule has 0 saturated carbocycles. The number of carbonyl (C=O) groups excluding carboxylic acids is 1. The number of halogens is 3. The molecule has 2 aromatic carbocycles. The standard InChI is InChI=1S/C22H22F3N3O4S/c1-15-2-7-19(20(12-15)32-14-22(23,24)25)27-21(29)17-8-10-28(11-9-17)33(30,31)18-5-3-16(13-26)4-6-18/h2-7,12,17H,8-11,14H2,1H3,(H,27,29). The molecular formula is C22H22F3N3O4S. The second-order valence-electron chi connectivity index (χ2n) is 7.71. The fraction of sp³-hybridized carbons (Fsp3) is 0.364. The second kappa shape index (κ2) is 9.80. The normalized spacial score (nSPS) is 15.6. The van der Waals surface area contributed by atoms with Gasteiger partial charge in [0.2, 0.25) is 15.9 Å². The van der Waals surface area contributed by atoms with Crippen LogP contribution in [0.3, 0.4) is 0 Å². The maximum Gasteiger partial charge on any atom is 0.422 e. The highest BCUT2D eigenvalue weighted by Gasteiger charge is 2.33. The number of nitrogens with zero attached hydrogens (tertiary/aromatic N) is 2. The van der Waals surface area contributed by atoms with Gasteiger partial charge in [-0.1, -0.05) is 6.07 Å². The molecule has 7 nitrogen and oxygen atoms in total. The molecule has 3 rings (SSSR count). The summed E-state index contributed by atoms with van der Waals surface area (Å²) in [7, 11) is -3.76. The molecule has 0 aliphatic carbocycles. The summed E-state index contributed by atoms with van der Waals surface area (Å²) in [4.78, 5) is 12.8. The minimum Gasteiger partial charge on any atom is -0.482 e. The van der Waals surface area contributed by atoms with Crippen LogP contribution in [0.25, 0.3) is 0 Å². The van der Waals surface area contributed by atoms with Gasteiger partial charge in [-0.25, -0.2) is 8.42 Å². The van der Waals surface area contributed by atoms with Crippen molar-refractivity contribution in [1.82, 2.24) is 4.31 Å². The fourth-order valence-corrected chi connectivity index (χ4v) is 4.93. The van der Waals surface area contributed by atoms with E-state index in [0.29, 0.717) is 11.1 Å². The number of anilines is 1. The van der Waals surface area contributed by atoms with Gasteiger partial charge in [-0.05, 0) is 61.7 Å². The largest absolute Gasteiger partial charge is 0.482 e. The quantitative estimate of drug-likeness (QED) is 0.676. The number of sulfonamides is 1. The van der Waals surface area contributed by atoms with Crippen molar-refractivity contribution in [2.45, 2.75) is 30.8 Å². The van der Waals surface area contributed by atoms with Gasteiger partial charge in [0.25, 0.3) is 0 Å². The molecular weight excluding hydrogens is 459 g/mol. The first-order valence-corrected chi connectivity index (χ1v) is 11.5. The Kier molecular flexibility index (Phi) is 7.29. The van der Waals surface area contributed by atoms with Crippen molar-refractivity contribution in [3.05, 3.63) is 53.6 Å². The lowest BCUT2D eigenvalue weighted by molar-refractivity contribution is -0.153. The van der Waals surface area contributed by atoms with Crippen molar-refractivity contribution in [3.8, 4) is 11.8 Å². The highest BCUT2D eigenvalue weighted by Crippen LogP contribution is 2.30. The second-order valence-corrected chi connectivity index (χ2v) is 9.65. The third-order valence-corrected chi connectivity index (χ3v) is 7.15. The number of rotatable bonds is 6. The maximum atomic E-state index is 12.8. The number of benzene rings is 2. The molecule has 0 radical (unpaired) electrons. The van der Waals surface area contributed by atoms with E-state index in [4.69, 9.17) is 10.00 Å². The number of alkyl halides is 3. The number of ether oxygens (including phenoxy) is 1. The summed E-state index contributed by atoms with van der Waals surface area (Å²) in [5, 5.41) is 11.5. The summed E-state index contributed by atoms with van der Waals surface area (Å²) in [5.41, 5.74) is 1.15. The number of hydrogen-bond donors (Lipinski definition) is 1.